The minimum Gasteiger partial charge on any atom is -0.372 e. The molecule has 18 heavy (non-hydrogen) atoms. The molecule has 0 amide bonds. The number of hydrogen-bond acceptors (Lipinski definition) is 3. The predicted octanol–water partition coefficient (Wildman–Crippen LogP) is 4.03. The minimum absolute atomic E-state index is 0.532. The van der Waals surface area contributed by atoms with Crippen molar-refractivity contribution in [1.29, 1.82) is 0 Å². The lowest BCUT2D eigenvalue weighted by atomic mass is 10.0. The first-order chi connectivity index (χ1) is 8.64. The highest BCUT2D eigenvalue weighted by Crippen LogP contribution is 2.61. The Balaban J connectivity index is 1.72. The van der Waals surface area contributed by atoms with Gasteiger partial charge in [-0.15, -0.1) is 0 Å². The Morgan fingerprint density at radius 2 is 1.94 bits per heavy atom. The smallest absolute Gasteiger partial charge is 0.147 e. The van der Waals surface area contributed by atoms with Crippen LogP contribution in [-0.2, 0) is 0 Å². The molecule has 98 valence electrons. The molecule has 2 N–H and O–H groups in total. The number of halogens is 2. The van der Waals surface area contributed by atoms with Gasteiger partial charge in [0.1, 0.15) is 11.6 Å². The van der Waals surface area contributed by atoms with Crippen LogP contribution in [0.15, 0.2) is 6.07 Å². The number of anilines is 2. The topological polar surface area (TPSA) is 37.0 Å². The zero-order valence-electron chi connectivity index (χ0n) is 10.4. The molecule has 3 nitrogen and oxygen atoms in total. The second-order valence-electron chi connectivity index (χ2n) is 5.39. The van der Waals surface area contributed by atoms with Crippen molar-refractivity contribution in [1.82, 2.24) is 4.98 Å². The zero-order valence-corrected chi connectivity index (χ0v) is 11.9. The number of nitrogens with zero attached hydrogens (tertiary/aromatic N) is 1. The molecule has 3 rings (SSSR count). The van der Waals surface area contributed by atoms with Gasteiger partial charge in [-0.3, -0.25) is 0 Å². The van der Waals surface area contributed by atoms with Gasteiger partial charge in [0.25, 0.3) is 0 Å². The molecule has 1 aromatic rings. The van der Waals surface area contributed by atoms with Crippen LogP contribution >= 0.6 is 23.2 Å². The van der Waals surface area contributed by atoms with E-state index >= 15 is 0 Å². The molecule has 2 aliphatic carbocycles. The van der Waals surface area contributed by atoms with Gasteiger partial charge in [0.15, 0.2) is 0 Å². The van der Waals surface area contributed by atoms with Crippen molar-refractivity contribution >= 4 is 34.8 Å². The summed E-state index contributed by atoms with van der Waals surface area (Å²) in [5.74, 6) is 2.33. The number of rotatable bonds is 5. The van der Waals surface area contributed by atoms with Crippen LogP contribution in [0.2, 0.25) is 10.0 Å². The van der Waals surface area contributed by atoms with Gasteiger partial charge in [-0.1, -0.05) is 23.2 Å². The van der Waals surface area contributed by atoms with Gasteiger partial charge in [-0.05, 0) is 43.1 Å². The average molecular weight is 286 g/mol. The van der Waals surface area contributed by atoms with E-state index in [0.717, 1.165) is 18.3 Å². The molecule has 0 unspecified atom stereocenters. The van der Waals surface area contributed by atoms with Crippen molar-refractivity contribution in [3.8, 4) is 0 Å². The standard InChI is InChI=1S/C13H17Cl2N3/c1-16-11-9(14)6-10(15)12(18-11)17-7-13(4-5-13)8-2-3-8/h6,8H,2-5,7H2,1H3,(H2,16,17,18). The second-order valence-corrected chi connectivity index (χ2v) is 6.20. The summed E-state index contributed by atoms with van der Waals surface area (Å²) in [5.41, 5.74) is 0.532. The van der Waals surface area contributed by atoms with Crippen molar-refractivity contribution in [2.45, 2.75) is 25.7 Å². The Labute approximate surface area is 117 Å². The number of hydrogen-bond donors (Lipinski definition) is 2. The van der Waals surface area contributed by atoms with Crippen molar-refractivity contribution in [2.75, 3.05) is 24.2 Å². The quantitative estimate of drug-likeness (QED) is 0.858. The van der Waals surface area contributed by atoms with Crippen LogP contribution in [0, 0.1) is 11.3 Å². The lowest BCUT2D eigenvalue weighted by Crippen LogP contribution is -2.18. The van der Waals surface area contributed by atoms with E-state index in [4.69, 9.17) is 23.2 Å². The molecule has 0 aliphatic heterocycles. The molecule has 0 saturated heterocycles. The fourth-order valence-electron chi connectivity index (χ4n) is 2.61. The first-order valence-electron chi connectivity index (χ1n) is 6.42. The van der Waals surface area contributed by atoms with E-state index in [2.05, 4.69) is 15.6 Å². The molecule has 0 spiro atoms. The normalized spacial score (nSPS) is 20.6. The Morgan fingerprint density at radius 1 is 1.28 bits per heavy atom. The maximum Gasteiger partial charge on any atom is 0.147 e. The van der Waals surface area contributed by atoms with Gasteiger partial charge < -0.3 is 10.6 Å². The molecule has 2 saturated carbocycles. The Morgan fingerprint density at radius 3 is 2.50 bits per heavy atom. The Kier molecular flexibility index (Phi) is 3.07. The number of pyridine rings is 1. The van der Waals surface area contributed by atoms with Crippen LogP contribution < -0.4 is 10.6 Å². The van der Waals surface area contributed by atoms with E-state index in [0.29, 0.717) is 21.3 Å². The van der Waals surface area contributed by atoms with Crippen LogP contribution in [0.25, 0.3) is 0 Å². The summed E-state index contributed by atoms with van der Waals surface area (Å²) < 4.78 is 0. The summed E-state index contributed by atoms with van der Waals surface area (Å²) in [7, 11) is 1.80. The van der Waals surface area contributed by atoms with Gasteiger partial charge in [0, 0.05) is 13.6 Å². The summed E-state index contributed by atoms with van der Waals surface area (Å²) in [6, 6.07) is 1.74. The highest BCUT2D eigenvalue weighted by molar-refractivity contribution is 6.37. The SMILES string of the molecule is CNc1nc(NCC2(C3CC3)CC2)c(Cl)cc1Cl. The first-order valence-corrected chi connectivity index (χ1v) is 7.18. The summed E-state index contributed by atoms with van der Waals surface area (Å²) in [6.45, 7) is 0.981. The van der Waals surface area contributed by atoms with Crippen molar-refractivity contribution in [3.05, 3.63) is 16.1 Å². The lowest BCUT2D eigenvalue weighted by molar-refractivity contribution is 0.466. The van der Waals surface area contributed by atoms with E-state index in [1.165, 1.54) is 25.7 Å². The molecule has 0 aromatic carbocycles. The Bertz CT molecular complexity index is 468. The minimum atomic E-state index is 0.532. The Hall–Kier alpha value is -0.670. The molecule has 0 radical (unpaired) electrons. The van der Waals surface area contributed by atoms with Crippen LogP contribution in [0.4, 0.5) is 11.6 Å². The molecule has 0 atom stereocenters. The van der Waals surface area contributed by atoms with Gasteiger partial charge in [0.2, 0.25) is 0 Å². The number of nitrogens with one attached hydrogen (secondary N) is 2. The zero-order chi connectivity index (χ0) is 12.8. The van der Waals surface area contributed by atoms with Gasteiger partial charge in [-0.25, -0.2) is 4.98 Å². The van der Waals surface area contributed by atoms with Gasteiger partial charge in [0.05, 0.1) is 10.0 Å². The van der Waals surface area contributed by atoms with E-state index in [1.807, 2.05) is 0 Å². The molecule has 5 heteroatoms. The number of aromatic nitrogens is 1. The summed E-state index contributed by atoms with van der Waals surface area (Å²) in [4.78, 5) is 4.41. The largest absolute Gasteiger partial charge is 0.372 e. The molecule has 2 fully saturated rings. The molecular formula is C13H17Cl2N3. The van der Waals surface area contributed by atoms with Gasteiger partial charge in [-0.2, -0.15) is 0 Å². The summed E-state index contributed by atoms with van der Waals surface area (Å²) in [5, 5.41) is 7.51. The maximum absolute atomic E-state index is 6.17. The second kappa shape index (κ2) is 4.46. The van der Waals surface area contributed by atoms with Crippen molar-refractivity contribution in [3.63, 3.8) is 0 Å². The van der Waals surface area contributed by atoms with Crippen LogP contribution in [0.3, 0.4) is 0 Å². The molecule has 1 aromatic heterocycles. The monoisotopic (exact) mass is 285 g/mol. The van der Waals surface area contributed by atoms with Crippen LogP contribution in [-0.4, -0.2) is 18.6 Å². The van der Waals surface area contributed by atoms with E-state index in [1.54, 1.807) is 13.1 Å². The van der Waals surface area contributed by atoms with E-state index in [-0.39, 0.29) is 0 Å². The fraction of sp³-hybridized carbons (Fsp3) is 0.615. The van der Waals surface area contributed by atoms with Crippen molar-refractivity contribution < 1.29 is 0 Å². The van der Waals surface area contributed by atoms with E-state index in [9.17, 15) is 0 Å². The van der Waals surface area contributed by atoms with Crippen molar-refractivity contribution in [2.24, 2.45) is 11.3 Å². The van der Waals surface area contributed by atoms with E-state index < -0.39 is 0 Å². The highest BCUT2D eigenvalue weighted by atomic mass is 35.5. The molecular weight excluding hydrogens is 269 g/mol. The van der Waals surface area contributed by atoms with Crippen LogP contribution in [0.1, 0.15) is 25.7 Å². The third-order valence-electron chi connectivity index (χ3n) is 4.11. The first kappa shape index (κ1) is 12.4. The lowest BCUT2D eigenvalue weighted by Gasteiger charge is -2.17. The third kappa shape index (κ3) is 2.26. The molecule has 1 heterocycles. The average Bonchev–Trinajstić information content (AvgIpc) is 3.20. The summed E-state index contributed by atoms with van der Waals surface area (Å²) in [6.07, 6.45) is 5.47. The predicted molar refractivity (Wildman–Crippen MR) is 76.7 cm³/mol. The summed E-state index contributed by atoms with van der Waals surface area (Å²) >= 11 is 12.2. The van der Waals surface area contributed by atoms with Crippen LogP contribution in [0.5, 0.6) is 0 Å². The maximum atomic E-state index is 6.17. The fourth-order valence-corrected chi connectivity index (χ4v) is 3.13. The molecule has 2 aliphatic rings. The highest BCUT2D eigenvalue weighted by Gasteiger charge is 2.53. The molecule has 0 bridgehead atoms. The van der Waals surface area contributed by atoms with Gasteiger partial charge >= 0.3 is 0 Å². The third-order valence-corrected chi connectivity index (χ3v) is 4.69.